The number of rotatable bonds is 5. The topological polar surface area (TPSA) is 54.4 Å². The Morgan fingerprint density at radius 2 is 1.60 bits per heavy atom. The number of carbonyl (C=O) groups excluding carboxylic acids is 1. The molecule has 1 N–H and O–H groups in total. The van der Waals surface area contributed by atoms with Gasteiger partial charge in [0.25, 0.3) is 0 Å². The van der Waals surface area contributed by atoms with Gasteiger partial charge in [-0.15, -0.1) is 24.0 Å². The first-order valence-electron chi connectivity index (χ1n) is 10.9. The molecule has 168 valence electrons. The van der Waals surface area contributed by atoms with Crippen molar-refractivity contribution in [2.45, 2.75) is 26.8 Å². The zero-order chi connectivity index (χ0) is 20.6. The molecule has 2 heterocycles. The van der Waals surface area contributed by atoms with Crippen LogP contribution in [0.15, 0.2) is 35.3 Å². The minimum Gasteiger partial charge on any atom is -0.369 e. The third-order valence-corrected chi connectivity index (χ3v) is 5.92. The Morgan fingerprint density at radius 1 is 1.00 bits per heavy atom. The number of hydrogen-bond acceptors (Lipinski definition) is 4. The molecule has 0 aliphatic carbocycles. The van der Waals surface area contributed by atoms with Crippen molar-refractivity contribution in [3.8, 4) is 0 Å². The Labute approximate surface area is 198 Å². The molecule has 7 nitrogen and oxygen atoms in total. The molecule has 0 bridgehead atoms. The molecule has 1 unspecified atom stereocenters. The molecule has 30 heavy (non-hydrogen) atoms. The number of piperazine rings is 2. The summed E-state index contributed by atoms with van der Waals surface area (Å²) in [7, 11) is 0. The second kappa shape index (κ2) is 12.3. The van der Waals surface area contributed by atoms with Crippen LogP contribution in [0, 0.1) is 0 Å². The van der Waals surface area contributed by atoms with Gasteiger partial charge in [0.05, 0.1) is 6.54 Å². The monoisotopic (exact) mass is 528 g/mol. The van der Waals surface area contributed by atoms with Gasteiger partial charge >= 0.3 is 0 Å². The second-order valence-corrected chi connectivity index (χ2v) is 7.90. The number of nitrogens with zero attached hydrogens (tertiary/aromatic N) is 5. The Bertz CT molecular complexity index is 669. The summed E-state index contributed by atoms with van der Waals surface area (Å²) in [5, 5.41) is 3.43. The smallest absolute Gasteiger partial charge is 0.219 e. The van der Waals surface area contributed by atoms with E-state index in [9.17, 15) is 4.79 Å². The van der Waals surface area contributed by atoms with Gasteiger partial charge in [-0.25, -0.2) is 0 Å². The van der Waals surface area contributed by atoms with Crippen molar-refractivity contribution < 1.29 is 4.79 Å². The van der Waals surface area contributed by atoms with Crippen molar-refractivity contribution in [2.75, 3.05) is 70.3 Å². The van der Waals surface area contributed by atoms with Crippen molar-refractivity contribution in [3.63, 3.8) is 0 Å². The maximum absolute atomic E-state index is 11.6. The Kier molecular flexibility index (Phi) is 10.2. The molecule has 0 aromatic heterocycles. The lowest BCUT2D eigenvalue weighted by Gasteiger charge is -2.39. The molecule has 0 spiro atoms. The molecule has 1 aromatic carbocycles. The van der Waals surface area contributed by atoms with Crippen molar-refractivity contribution in [2.24, 2.45) is 4.99 Å². The van der Waals surface area contributed by atoms with Crippen LogP contribution in [0.3, 0.4) is 0 Å². The van der Waals surface area contributed by atoms with Gasteiger partial charge in [-0.2, -0.15) is 0 Å². The van der Waals surface area contributed by atoms with E-state index in [2.05, 4.69) is 64.2 Å². The van der Waals surface area contributed by atoms with Crippen LogP contribution in [-0.4, -0.2) is 98.1 Å². The van der Waals surface area contributed by atoms with E-state index < -0.39 is 0 Å². The average molecular weight is 528 g/mol. The molecule has 2 aliphatic rings. The fourth-order valence-electron chi connectivity index (χ4n) is 4.05. The maximum atomic E-state index is 11.6. The van der Waals surface area contributed by atoms with Crippen LogP contribution in [0.5, 0.6) is 0 Å². The summed E-state index contributed by atoms with van der Waals surface area (Å²) in [5.74, 6) is 1.14. The molecule has 1 amide bonds. The van der Waals surface area contributed by atoms with Crippen LogP contribution in [0.1, 0.15) is 20.8 Å². The molecule has 0 radical (unpaired) electrons. The van der Waals surface area contributed by atoms with E-state index in [1.165, 1.54) is 5.69 Å². The van der Waals surface area contributed by atoms with Crippen LogP contribution < -0.4 is 10.2 Å². The number of amides is 1. The lowest BCUT2D eigenvalue weighted by molar-refractivity contribution is -0.130. The molecule has 0 saturated carbocycles. The van der Waals surface area contributed by atoms with E-state index in [-0.39, 0.29) is 29.9 Å². The zero-order valence-electron chi connectivity index (χ0n) is 18.6. The number of aliphatic imine (C=N–C) groups is 1. The van der Waals surface area contributed by atoms with Gasteiger partial charge in [-0.05, 0) is 26.0 Å². The molecular weight excluding hydrogens is 491 g/mol. The number of hydrogen-bond donors (Lipinski definition) is 1. The summed E-state index contributed by atoms with van der Waals surface area (Å²) < 4.78 is 0. The summed E-state index contributed by atoms with van der Waals surface area (Å²) in [5.41, 5.74) is 1.32. The van der Waals surface area contributed by atoms with E-state index in [0.717, 1.165) is 71.4 Å². The number of nitrogens with one attached hydrogen (secondary N) is 1. The van der Waals surface area contributed by atoms with Crippen molar-refractivity contribution in [3.05, 3.63) is 30.3 Å². The second-order valence-electron chi connectivity index (χ2n) is 7.90. The van der Waals surface area contributed by atoms with Crippen LogP contribution in [0.2, 0.25) is 0 Å². The van der Waals surface area contributed by atoms with E-state index in [1.807, 2.05) is 4.90 Å². The molecule has 2 aliphatic heterocycles. The lowest BCUT2D eigenvalue weighted by atomic mass is 10.2. The minimum atomic E-state index is 0. The normalized spacial score (nSPS) is 19.3. The summed E-state index contributed by atoms with van der Waals surface area (Å²) >= 11 is 0. The molecular formula is C22H37IN6O. The van der Waals surface area contributed by atoms with Crippen molar-refractivity contribution in [1.29, 1.82) is 0 Å². The van der Waals surface area contributed by atoms with E-state index in [1.54, 1.807) is 6.92 Å². The highest BCUT2D eigenvalue weighted by molar-refractivity contribution is 14.0. The predicted octanol–water partition coefficient (Wildman–Crippen LogP) is 1.94. The van der Waals surface area contributed by atoms with E-state index >= 15 is 0 Å². The molecule has 1 atom stereocenters. The Balaban J connectivity index is 0.00000320. The van der Waals surface area contributed by atoms with Gasteiger partial charge in [0.15, 0.2) is 5.96 Å². The van der Waals surface area contributed by atoms with Gasteiger partial charge < -0.3 is 20.0 Å². The summed E-state index contributed by atoms with van der Waals surface area (Å²) in [4.78, 5) is 25.7. The molecule has 2 saturated heterocycles. The Hall–Kier alpha value is -1.55. The predicted molar refractivity (Wildman–Crippen MR) is 135 cm³/mol. The van der Waals surface area contributed by atoms with Crippen LogP contribution in [0.4, 0.5) is 5.69 Å². The largest absolute Gasteiger partial charge is 0.369 e. The first-order valence-corrected chi connectivity index (χ1v) is 10.9. The maximum Gasteiger partial charge on any atom is 0.219 e. The van der Waals surface area contributed by atoms with E-state index in [4.69, 9.17) is 4.99 Å². The minimum absolute atomic E-state index is 0. The summed E-state index contributed by atoms with van der Waals surface area (Å²) in [6.07, 6.45) is 0. The van der Waals surface area contributed by atoms with Gasteiger partial charge in [0, 0.05) is 77.6 Å². The number of para-hydroxylation sites is 1. The molecule has 8 heteroatoms. The first-order chi connectivity index (χ1) is 14.1. The number of carbonyl (C=O) groups is 1. The first kappa shape index (κ1) is 24.7. The zero-order valence-corrected chi connectivity index (χ0v) is 20.9. The SMILES string of the molecule is CCNC(=NCC(C)N1CCN(c2ccccc2)CC1)N1CCN(C(C)=O)CC1.I. The molecule has 1 aromatic rings. The standard InChI is InChI=1S/C22H36N6O.HI/c1-4-23-22(28-16-12-26(13-17-28)20(3)29)24-18-19(2)25-10-14-27(15-11-25)21-8-6-5-7-9-21;/h5-9,19H,4,10-18H2,1-3H3,(H,23,24);1H. The van der Waals surface area contributed by atoms with Gasteiger partial charge in [-0.3, -0.25) is 14.7 Å². The highest BCUT2D eigenvalue weighted by Crippen LogP contribution is 2.16. The third-order valence-electron chi connectivity index (χ3n) is 5.92. The van der Waals surface area contributed by atoms with Crippen LogP contribution in [0.25, 0.3) is 0 Å². The van der Waals surface area contributed by atoms with Crippen molar-refractivity contribution in [1.82, 2.24) is 20.0 Å². The summed E-state index contributed by atoms with van der Waals surface area (Å²) in [6, 6.07) is 11.1. The van der Waals surface area contributed by atoms with Gasteiger partial charge in [0.1, 0.15) is 0 Å². The highest BCUT2D eigenvalue weighted by atomic mass is 127. The Morgan fingerprint density at radius 3 is 2.17 bits per heavy atom. The number of halogens is 1. The summed E-state index contributed by atoms with van der Waals surface area (Å²) in [6.45, 7) is 15.2. The van der Waals surface area contributed by atoms with Gasteiger partial charge in [-0.1, -0.05) is 18.2 Å². The fourth-order valence-corrected chi connectivity index (χ4v) is 4.05. The van der Waals surface area contributed by atoms with E-state index in [0.29, 0.717) is 6.04 Å². The van der Waals surface area contributed by atoms with Crippen LogP contribution >= 0.6 is 24.0 Å². The number of benzene rings is 1. The lowest BCUT2D eigenvalue weighted by Crippen LogP contribution is -2.54. The quantitative estimate of drug-likeness (QED) is 0.360. The van der Waals surface area contributed by atoms with Crippen molar-refractivity contribution >= 4 is 41.5 Å². The molecule has 2 fully saturated rings. The van der Waals surface area contributed by atoms with Crippen LogP contribution in [-0.2, 0) is 4.79 Å². The van der Waals surface area contributed by atoms with Gasteiger partial charge in [0.2, 0.25) is 5.91 Å². The number of anilines is 1. The highest BCUT2D eigenvalue weighted by Gasteiger charge is 2.23. The average Bonchev–Trinajstić information content (AvgIpc) is 2.77. The molecule has 3 rings (SSSR count). The number of guanidine groups is 1. The fraction of sp³-hybridized carbons (Fsp3) is 0.636. The third kappa shape index (κ3) is 6.73.